The molecule has 0 radical (unpaired) electrons. The normalized spacial score (nSPS) is 6.00. The molecule has 3 heteroatoms. The van der Waals surface area contributed by atoms with E-state index < -0.39 is 0 Å². The van der Waals surface area contributed by atoms with Gasteiger partial charge >= 0.3 is 0 Å². The average molecular weight is 351 g/mol. The van der Waals surface area contributed by atoms with Crippen LogP contribution in [0.2, 0.25) is 0 Å². The van der Waals surface area contributed by atoms with Crippen molar-refractivity contribution in [1.29, 1.82) is 0 Å². The fourth-order valence-corrected chi connectivity index (χ4v) is 0.112. The molecule has 0 amide bonds. The van der Waals surface area contributed by atoms with E-state index in [1.807, 2.05) is 12.4 Å². The van der Waals surface area contributed by atoms with E-state index in [2.05, 4.69) is 6.92 Å². The molecule has 0 aliphatic carbocycles. The third-order valence-corrected chi connectivity index (χ3v) is 0.362. The Labute approximate surface area is 45.5 Å². The Balaban J connectivity index is -0.0000000750. The number of nitrogens with one attached hydrogen (secondary N) is 1. The Kier molecular flexibility index (Phi) is 76.7. The minimum Gasteiger partial charge on any atom is -0.346 e. The van der Waals surface area contributed by atoms with Crippen LogP contribution in [0.25, 0.3) is 0 Å². The number of hydrogen-bond acceptors (Lipinski definition) is 2. The Morgan fingerprint density at radius 3 is 1.88 bits per heavy atom. The molecule has 0 aliphatic heterocycles. The van der Waals surface area contributed by atoms with E-state index in [9.17, 15) is 0 Å². The molecule has 0 saturated heterocycles. The molecule has 0 spiro atoms. The molecule has 8 heavy (non-hydrogen) atoms. The van der Waals surface area contributed by atoms with Gasteiger partial charge in [0.25, 0.3) is 0 Å². The third kappa shape index (κ3) is 89.3. The summed E-state index contributed by atoms with van der Waals surface area (Å²) >= 11 is 0. The van der Waals surface area contributed by atoms with Crippen molar-refractivity contribution >= 4 is 0 Å². The van der Waals surface area contributed by atoms with Gasteiger partial charge in [-0.3, -0.25) is 0 Å². The quantitative estimate of drug-likeness (QED) is 0.579. The first-order valence-corrected chi connectivity index (χ1v) is 2.49. The second kappa shape index (κ2) is 38.9. The molecule has 0 fully saturated rings. The maximum Gasteiger partial charge on any atom is 0.0204 e. The molecule has 0 aliphatic rings. The smallest absolute Gasteiger partial charge is 0.0204 e. The summed E-state index contributed by atoms with van der Waals surface area (Å²) in [5.41, 5.74) is 2.02. The van der Waals surface area contributed by atoms with Crippen LogP contribution in [0.3, 0.4) is 0 Å². The maximum absolute atomic E-state index is 7.82. The van der Waals surface area contributed by atoms with Crippen LogP contribution in [0.4, 0.5) is 0 Å². The Morgan fingerprint density at radius 1 is 1.50 bits per heavy atom. The topological polar surface area (TPSA) is 32.3 Å². The summed E-state index contributed by atoms with van der Waals surface area (Å²) in [7, 11) is 0. The minimum atomic E-state index is 0. The van der Waals surface area contributed by atoms with Gasteiger partial charge in [-0.1, -0.05) is 6.92 Å². The molecule has 0 bridgehead atoms. The second-order valence-electron chi connectivity index (χ2n) is 0.908. The van der Waals surface area contributed by atoms with Crippen molar-refractivity contribution in [3.63, 3.8) is 0 Å². The van der Waals surface area contributed by atoms with Gasteiger partial charge in [-0.2, -0.15) is 6.92 Å². The van der Waals surface area contributed by atoms with E-state index in [4.69, 9.17) is 5.21 Å². The van der Waals surface area contributed by atoms with E-state index in [-0.39, 0.29) is 0 Å². The van der Waals surface area contributed by atoms with Gasteiger partial charge in [-0.15, -0.1) is 0 Å². The number of hydroxylamine groups is 1. The van der Waals surface area contributed by atoms with Crippen molar-refractivity contribution in [2.24, 2.45) is 0 Å². The molecule has 0 aromatic heterocycles. The predicted molar refractivity (Wildman–Crippen MR) is 31.1 cm³/mol. The molecule has 0 aromatic carbocycles. The second-order valence-corrected chi connectivity index (χ2v) is 0.908. The van der Waals surface area contributed by atoms with Crippen molar-refractivity contribution in [1.82, 2.24) is 5.48 Å². The molecule has 2 nitrogen and oxygen atoms in total. The zero-order valence-electron chi connectivity index (χ0n) is 5.42. The van der Waals surface area contributed by atoms with Crippen LogP contribution in [0.1, 0.15) is 20.3 Å². The van der Waals surface area contributed by atoms with Crippen molar-refractivity contribution in [2.45, 2.75) is 20.3 Å². The van der Waals surface area contributed by atoms with Crippen LogP contribution in [0.5, 0.6) is 0 Å². The number of hydrogen-bond donors (Lipinski definition) is 2. The monoisotopic (exact) mass is 347 g/mol. The molecule has 0 atom stereocenters. The van der Waals surface area contributed by atoms with Crippen molar-refractivity contribution in [2.75, 3.05) is 6.54 Å². The minimum absolute atomic E-state index is 0. The van der Waals surface area contributed by atoms with Gasteiger partial charge in [0.2, 0.25) is 0 Å². The number of rotatable bonds is 2. The van der Waals surface area contributed by atoms with Gasteiger partial charge in [-0.05, 0) is 6.42 Å². The van der Waals surface area contributed by atoms with E-state index >= 15 is 0 Å². The first-order chi connectivity index (χ1) is 3.41. The van der Waals surface area contributed by atoms with Gasteiger partial charge in [-0.25, -0.2) is 5.48 Å². The maximum atomic E-state index is 7.82. The summed E-state index contributed by atoms with van der Waals surface area (Å²) in [6.07, 6.45) is 0.983. The van der Waals surface area contributed by atoms with Crippen LogP contribution in [-0.4, -0.2) is 11.8 Å². The van der Waals surface area contributed by atoms with E-state index in [0.29, 0.717) is 6.54 Å². The summed E-state index contributed by atoms with van der Waals surface area (Å²) in [4.78, 5) is 0. The molecule has 0 saturated carbocycles. The Bertz CT molecular complexity index is 19.9. The SMILES string of the molecule is CCCNO.[CH2-]C.[Cm]. The van der Waals surface area contributed by atoms with E-state index in [1.54, 1.807) is 6.92 Å². The zero-order chi connectivity index (χ0) is 6.12. The molecule has 2 N–H and O–H groups in total. The fraction of sp³-hybridized carbons (Fsp3) is 0.800. The molecule has 54 valence electrons. The van der Waals surface area contributed by atoms with Gasteiger partial charge in [0.15, 0.2) is 0 Å². The van der Waals surface area contributed by atoms with Gasteiger partial charge in [0.1, 0.15) is 0 Å². The fourth-order valence-electron chi connectivity index (χ4n) is 0.112. The predicted octanol–water partition coefficient (Wildman–Crippen LogP) is 1.22. The van der Waals surface area contributed by atoms with Gasteiger partial charge in [0.05, 0.1) is 0 Å². The van der Waals surface area contributed by atoms with Crippen molar-refractivity contribution < 1.29 is 5.21 Å². The van der Waals surface area contributed by atoms with Crippen LogP contribution in [0, 0.1) is 6.92 Å². The molecule has 0 rings (SSSR count). The molecular formula is C5H14CmNO-. The summed E-state index contributed by atoms with van der Waals surface area (Å²) in [6, 6.07) is 0. The van der Waals surface area contributed by atoms with E-state index in [1.165, 1.54) is 0 Å². The summed E-state index contributed by atoms with van der Waals surface area (Å²) in [5, 5.41) is 7.82. The molecule has 0 heterocycles. The summed E-state index contributed by atoms with van der Waals surface area (Å²) in [5.74, 6) is 0. The van der Waals surface area contributed by atoms with Crippen LogP contribution >= 0.6 is 0 Å². The first kappa shape index (κ1) is 15.8. The van der Waals surface area contributed by atoms with Crippen LogP contribution in [-0.2, 0) is 0 Å². The standard InChI is InChI=1S/C3H9NO.C2H5.Cm/c1-2-3-4-5;1-2;/h4-5H,2-3H2,1H3;1H2,2H3;/q;-1;. The molecule has 0 unspecified atom stereocenters. The largest absolute Gasteiger partial charge is 0.346 e. The van der Waals surface area contributed by atoms with Crippen molar-refractivity contribution in [3.05, 3.63) is 6.92 Å². The summed E-state index contributed by atoms with van der Waals surface area (Å²) < 4.78 is 0. The van der Waals surface area contributed by atoms with Gasteiger partial charge in [0, 0.05) is 6.54 Å². The molecular weight excluding hydrogens is 337 g/mol. The zero-order valence-corrected chi connectivity index (χ0v) is 8.37. The average Bonchev–Trinajstić information content (AvgIpc) is 1.75. The Morgan fingerprint density at radius 2 is 1.88 bits per heavy atom. The Hall–Kier alpha value is -1.08. The third-order valence-electron chi connectivity index (χ3n) is 0.362. The summed E-state index contributed by atoms with van der Waals surface area (Å²) in [6.45, 7) is 7.68. The van der Waals surface area contributed by atoms with Crippen molar-refractivity contribution in [3.8, 4) is 0 Å². The van der Waals surface area contributed by atoms with E-state index in [0.717, 1.165) is 6.42 Å². The van der Waals surface area contributed by atoms with Crippen LogP contribution < -0.4 is 5.48 Å². The van der Waals surface area contributed by atoms with Gasteiger partial charge < -0.3 is 12.1 Å². The van der Waals surface area contributed by atoms with Crippen LogP contribution in [0.15, 0.2) is 0 Å². The first-order valence-electron chi connectivity index (χ1n) is 2.49. The molecule has 0 aromatic rings.